The van der Waals surface area contributed by atoms with Crippen LogP contribution in [0.3, 0.4) is 0 Å². The van der Waals surface area contributed by atoms with Crippen LogP contribution in [0.15, 0.2) is 60.8 Å². The molecule has 2 heterocycles. The summed E-state index contributed by atoms with van der Waals surface area (Å²) in [5.41, 5.74) is 0.489. The van der Waals surface area contributed by atoms with Crippen molar-refractivity contribution in [2.45, 2.75) is 49.7 Å². The first-order valence-corrected chi connectivity index (χ1v) is 13.4. The zero-order chi connectivity index (χ0) is 30.0. The van der Waals surface area contributed by atoms with Gasteiger partial charge in [-0.1, -0.05) is 35.9 Å². The maximum absolute atomic E-state index is 14.6. The highest BCUT2D eigenvalue weighted by Gasteiger charge is 2.48. The molecule has 2 fully saturated rings. The molecule has 1 saturated carbocycles. The van der Waals surface area contributed by atoms with E-state index in [4.69, 9.17) is 16.3 Å². The molecule has 3 aromatic rings. The lowest BCUT2D eigenvalue weighted by Crippen LogP contribution is -2.56. The van der Waals surface area contributed by atoms with Gasteiger partial charge in [0.1, 0.15) is 29.6 Å². The number of methoxy groups -OCH3 is 1. The van der Waals surface area contributed by atoms with Crippen molar-refractivity contribution in [1.82, 2.24) is 15.3 Å². The second-order valence-electron chi connectivity index (χ2n) is 9.98. The quantitative estimate of drug-likeness (QED) is 0.414. The molecule has 0 radical (unpaired) electrons. The molecule has 2 aliphatic rings. The number of benzene rings is 2. The van der Waals surface area contributed by atoms with Gasteiger partial charge in [-0.3, -0.25) is 24.2 Å². The Labute approximate surface area is 244 Å². The summed E-state index contributed by atoms with van der Waals surface area (Å²) in [6.45, 7) is 0. The van der Waals surface area contributed by atoms with Crippen LogP contribution >= 0.6 is 11.6 Å². The predicted octanol–water partition coefficient (Wildman–Crippen LogP) is 4.19. The topological polar surface area (TPSA) is 129 Å². The van der Waals surface area contributed by atoms with E-state index in [-0.39, 0.29) is 40.8 Å². The summed E-state index contributed by atoms with van der Waals surface area (Å²) < 4.78 is 32.6. The van der Waals surface area contributed by atoms with Crippen LogP contribution in [0.5, 0.6) is 5.75 Å². The Bertz CT molecular complexity index is 1570. The molecule has 5 rings (SSSR count). The van der Waals surface area contributed by atoms with Crippen LogP contribution in [0.1, 0.15) is 43.0 Å². The van der Waals surface area contributed by atoms with Crippen molar-refractivity contribution in [1.29, 1.82) is 5.26 Å². The van der Waals surface area contributed by atoms with Gasteiger partial charge in [-0.05, 0) is 30.7 Å². The van der Waals surface area contributed by atoms with Gasteiger partial charge in [-0.15, -0.1) is 0 Å². The summed E-state index contributed by atoms with van der Waals surface area (Å²) in [7, 11) is 1.44. The van der Waals surface area contributed by atoms with Crippen LogP contribution in [-0.2, 0) is 14.4 Å². The lowest BCUT2D eigenvalue weighted by atomic mass is 9.87. The van der Waals surface area contributed by atoms with E-state index >= 15 is 0 Å². The maximum atomic E-state index is 14.6. The molecule has 0 spiro atoms. The zero-order valence-electron chi connectivity index (χ0n) is 22.3. The normalized spacial score (nSPS) is 18.5. The SMILES string of the molecule is COc1cccc(N(C(=O)C2CCC(=O)N2c2nccc(C#N)n2)C(C(=O)NC2CC(F)(F)C2)c2ccccc2Cl)c1. The van der Waals surface area contributed by atoms with Gasteiger partial charge in [0.25, 0.3) is 11.8 Å². The van der Waals surface area contributed by atoms with Crippen molar-refractivity contribution in [2.24, 2.45) is 0 Å². The standard InChI is InChI=1S/C29H25ClF2N6O4/c1-42-20-6-4-5-19(13-20)37(27(41)23-9-10-24(39)38(23)28-34-12-11-17(16-33)36-28)25(21-7-2-3-8-22(21)30)26(40)35-18-14-29(31,32)15-18/h2-8,11-13,18,23,25H,9-10,14-15H2,1H3,(H,35,40). The van der Waals surface area contributed by atoms with Crippen molar-refractivity contribution in [2.75, 3.05) is 16.9 Å². The lowest BCUT2D eigenvalue weighted by Gasteiger charge is -2.39. The molecule has 2 unspecified atom stereocenters. The van der Waals surface area contributed by atoms with Gasteiger partial charge < -0.3 is 10.1 Å². The van der Waals surface area contributed by atoms with Crippen LogP contribution in [-0.4, -0.2) is 52.8 Å². The number of nitrogens with zero attached hydrogens (tertiary/aromatic N) is 5. The number of aromatic nitrogens is 2. The largest absolute Gasteiger partial charge is 0.497 e. The van der Waals surface area contributed by atoms with Crippen molar-refractivity contribution in [3.05, 3.63) is 77.1 Å². The predicted molar refractivity (Wildman–Crippen MR) is 148 cm³/mol. The number of rotatable bonds is 8. The molecule has 1 aliphatic heterocycles. The maximum Gasteiger partial charge on any atom is 0.252 e. The van der Waals surface area contributed by atoms with E-state index in [1.165, 1.54) is 24.3 Å². The molecule has 42 heavy (non-hydrogen) atoms. The summed E-state index contributed by atoms with van der Waals surface area (Å²) in [6.07, 6.45) is 0.311. The summed E-state index contributed by atoms with van der Waals surface area (Å²) in [5, 5.41) is 12.1. The summed E-state index contributed by atoms with van der Waals surface area (Å²) in [4.78, 5) is 52.0. The van der Waals surface area contributed by atoms with Crippen molar-refractivity contribution in [3.63, 3.8) is 0 Å². The second kappa shape index (κ2) is 11.7. The van der Waals surface area contributed by atoms with Gasteiger partial charge in [0.15, 0.2) is 0 Å². The highest BCUT2D eigenvalue weighted by molar-refractivity contribution is 6.31. The number of hydrogen-bond donors (Lipinski definition) is 1. The molecule has 1 aliphatic carbocycles. The molecule has 2 aromatic carbocycles. The van der Waals surface area contributed by atoms with Crippen LogP contribution in [0.2, 0.25) is 5.02 Å². The van der Waals surface area contributed by atoms with E-state index < -0.39 is 54.6 Å². The minimum Gasteiger partial charge on any atom is -0.497 e. The van der Waals surface area contributed by atoms with E-state index in [1.54, 1.807) is 48.5 Å². The molecule has 1 saturated heterocycles. The fraction of sp³-hybridized carbons (Fsp3) is 0.310. The molecular weight excluding hydrogens is 570 g/mol. The van der Waals surface area contributed by atoms with Gasteiger partial charge in [-0.25, -0.2) is 18.7 Å². The van der Waals surface area contributed by atoms with E-state index in [2.05, 4.69) is 15.3 Å². The summed E-state index contributed by atoms with van der Waals surface area (Å²) in [5.74, 6) is -4.47. The van der Waals surface area contributed by atoms with Crippen LogP contribution in [0.4, 0.5) is 20.4 Å². The summed E-state index contributed by atoms with van der Waals surface area (Å²) >= 11 is 6.55. The number of anilines is 2. The number of alkyl halides is 2. The average Bonchev–Trinajstić information content (AvgIpc) is 3.36. The molecule has 2 atom stereocenters. The van der Waals surface area contributed by atoms with Gasteiger partial charge in [-0.2, -0.15) is 5.26 Å². The van der Waals surface area contributed by atoms with Crippen LogP contribution in [0.25, 0.3) is 0 Å². The fourth-order valence-corrected chi connectivity index (χ4v) is 5.40. The lowest BCUT2D eigenvalue weighted by molar-refractivity contribution is -0.133. The van der Waals surface area contributed by atoms with Gasteiger partial charge >= 0.3 is 0 Å². The molecular formula is C29H25ClF2N6O4. The van der Waals surface area contributed by atoms with E-state index in [1.807, 2.05) is 6.07 Å². The molecule has 1 aromatic heterocycles. The van der Waals surface area contributed by atoms with Crippen molar-refractivity contribution < 1.29 is 27.9 Å². The Balaban J connectivity index is 1.62. The number of hydrogen-bond acceptors (Lipinski definition) is 7. The van der Waals surface area contributed by atoms with Crippen LogP contribution in [0, 0.1) is 11.3 Å². The van der Waals surface area contributed by atoms with E-state index in [0.717, 1.165) is 4.90 Å². The van der Waals surface area contributed by atoms with Crippen molar-refractivity contribution >= 4 is 41.0 Å². The monoisotopic (exact) mass is 594 g/mol. The molecule has 216 valence electrons. The van der Waals surface area contributed by atoms with Crippen LogP contribution < -0.4 is 19.9 Å². The highest BCUT2D eigenvalue weighted by atomic mass is 35.5. The molecule has 1 N–H and O–H groups in total. The fourth-order valence-electron chi connectivity index (χ4n) is 5.16. The van der Waals surface area contributed by atoms with Crippen molar-refractivity contribution in [3.8, 4) is 11.8 Å². The second-order valence-corrected chi connectivity index (χ2v) is 10.4. The minimum absolute atomic E-state index is 0.00109. The summed E-state index contributed by atoms with van der Waals surface area (Å²) in [6, 6.07) is 12.7. The first kappa shape index (κ1) is 28.9. The number of halogens is 3. The third-order valence-electron chi connectivity index (χ3n) is 7.18. The third kappa shape index (κ3) is 5.73. The van der Waals surface area contributed by atoms with E-state index in [9.17, 15) is 28.4 Å². The number of amides is 3. The Kier molecular flexibility index (Phi) is 8.04. The Morgan fingerprint density at radius 1 is 1.21 bits per heavy atom. The smallest absolute Gasteiger partial charge is 0.252 e. The molecule has 10 nitrogen and oxygen atoms in total. The molecule has 3 amide bonds. The van der Waals surface area contributed by atoms with Gasteiger partial charge in [0.2, 0.25) is 17.8 Å². The number of nitrogens with one attached hydrogen (secondary N) is 1. The number of carbonyl (C=O) groups excluding carboxylic acids is 3. The first-order valence-electron chi connectivity index (χ1n) is 13.1. The number of ether oxygens (including phenoxy) is 1. The highest BCUT2D eigenvalue weighted by Crippen LogP contribution is 2.40. The Hall–Kier alpha value is -4.63. The minimum atomic E-state index is -2.89. The Morgan fingerprint density at radius 3 is 2.67 bits per heavy atom. The number of nitriles is 1. The third-order valence-corrected chi connectivity index (χ3v) is 7.53. The van der Waals surface area contributed by atoms with Gasteiger partial charge in [0, 0.05) is 53.8 Å². The average molecular weight is 595 g/mol. The zero-order valence-corrected chi connectivity index (χ0v) is 23.1. The first-order chi connectivity index (χ1) is 20.1. The molecule has 13 heteroatoms. The molecule has 0 bridgehead atoms. The Morgan fingerprint density at radius 2 is 1.98 bits per heavy atom. The number of carbonyl (C=O) groups is 3. The van der Waals surface area contributed by atoms with Gasteiger partial charge in [0.05, 0.1) is 7.11 Å². The van der Waals surface area contributed by atoms with E-state index in [0.29, 0.717) is 5.75 Å².